The van der Waals surface area contributed by atoms with Crippen LogP contribution in [0.1, 0.15) is 5.56 Å². The lowest BCUT2D eigenvalue weighted by atomic mass is 10.2. The maximum atomic E-state index is 5.41. The quantitative estimate of drug-likeness (QED) is 0.772. The molecule has 0 spiro atoms. The van der Waals surface area contributed by atoms with Crippen molar-refractivity contribution in [1.29, 1.82) is 0 Å². The highest BCUT2D eigenvalue weighted by molar-refractivity contribution is 9.10. The Kier molecular flexibility index (Phi) is 5.35. The second-order valence-electron chi connectivity index (χ2n) is 2.57. The molecule has 0 N–H and O–H groups in total. The van der Waals surface area contributed by atoms with Gasteiger partial charge >= 0.3 is 9.53 Å². The van der Waals surface area contributed by atoms with Crippen molar-refractivity contribution in [2.24, 2.45) is 0 Å². The van der Waals surface area contributed by atoms with Crippen LogP contribution in [0.25, 0.3) is 0 Å². The minimum Gasteiger partial charge on any atom is -0.375 e. The predicted octanol–water partition coefficient (Wildman–Crippen LogP) is 2.24. The van der Waals surface area contributed by atoms with Gasteiger partial charge in [0.25, 0.3) is 0 Å². The molecule has 0 aliphatic rings. The Bertz CT molecular complexity index is 261. The van der Waals surface area contributed by atoms with Gasteiger partial charge in [-0.2, -0.15) is 0 Å². The van der Waals surface area contributed by atoms with Crippen LogP contribution in [0.5, 0.6) is 0 Å². The van der Waals surface area contributed by atoms with Crippen LogP contribution >= 0.6 is 15.9 Å². The van der Waals surface area contributed by atoms with E-state index in [1.54, 1.807) is 14.2 Å². The fourth-order valence-corrected chi connectivity index (χ4v) is 1.88. The molecule has 0 heterocycles. The van der Waals surface area contributed by atoms with E-state index in [0.29, 0.717) is 6.61 Å². The molecule has 1 aromatic rings. The van der Waals surface area contributed by atoms with Crippen molar-refractivity contribution in [3.63, 3.8) is 0 Å². The summed E-state index contributed by atoms with van der Waals surface area (Å²) in [7, 11) is 1.62. The van der Waals surface area contributed by atoms with E-state index in [-0.39, 0.29) is 0 Å². The van der Waals surface area contributed by atoms with Gasteiger partial charge in [-0.15, -0.1) is 0 Å². The molecule has 0 unspecified atom stereocenters. The Labute approximate surface area is 94.1 Å². The van der Waals surface area contributed by atoms with Gasteiger partial charge < -0.3 is 13.3 Å². The highest BCUT2D eigenvalue weighted by atomic mass is 79.9. The SMILES string of the molecule is CO[Si](OC)OCc1ccc(Br)cc1. The van der Waals surface area contributed by atoms with Gasteiger partial charge in [-0.05, 0) is 17.7 Å². The molecule has 0 aliphatic carbocycles. The molecule has 0 saturated carbocycles. The van der Waals surface area contributed by atoms with E-state index in [4.69, 9.17) is 13.3 Å². The molecule has 0 fully saturated rings. The molecule has 0 aromatic heterocycles. The highest BCUT2D eigenvalue weighted by Gasteiger charge is 2.14. The van der Waals surface area contributed by atoms with E-state index >= 15 is 0 Å². The number of benzene rings is 1. The van der Waals surface area contributed by atoms with E-state index in [2.05, 4.69) is 15.9 Å². The van der Waals surface area contributed by atoms with Gasteiger partial charge in [0.15, 0.2) is 0 Å². The largest absolute Gasteiger partial charge is 0.577 e. The minimum atomic E-state index is -1.54. The summed E-state index contributed by atoms with van der Waals surface area (Å²) in [5.41, 5.74) is 1.10. The summed E-state index contributed by atoms with van der Waals surface area (Å²) in [4.78, 5) is 0. The minimum absolute atomic E-state index is 0.517. The lowest BCUT2D eigenvalue weighted by molar-refractivity contribution is 0.128. The molecule has 1 rings (SSSR count). The third kappa shape index (κ3) is 3.89. The van der Waals surface area contributed by atoms with Crippen molar-refractivity contribution in [3.05, 3.63) is 34.3 Å². The third-order valence-electron chi connectivity index (χ3n) is 1.60. The van der Waals surface area contributed by atoms with Crippen LogP contribution in [0.4, 0.5) is 0 Å². The summed E-state index contributed by atoms with van der Waals surface area (Å²) in [6, 6.07) is 7.94. The van der Waals surface area contributed by atoms with E-state index < -0.39 is 9.53 Å². The van der Waals surface area contributed by atoms with Crippen molar-refractivity contribution in [2.45, 2.75) is 6.61 Å². The maximum Gasteiger partial charge on any atom is 0.577 e. The van der Waals surface area contributed by atoms with Crippen LogP contribution in [0.2, 0.25) is 0 Å². The highest BCUT2D eigenvalue weighted by Crippen LogP contribution is 2.11. The summed E-state index contributed by atoms with van der Waals surface area (Å²) < 4.78 is 16.5. The molecule has 5 heteroatoms. The fraction of sp³-hybridized carbons (Fsp3) is 0.333. The molecule has 1 aromatic carbocycles. The van der Waals surface area contributed by atoms with Gasteiger partial charge in [0.1, 0.15) is 0 Å². The number of rotatable bonds is 5. The van der Waals surface area contributed by atoms with Crippen molar-refractivity contribution in [2.75, 3.05) is 14.2 Å². The second-order valence-corrected chi connectivity index (χ2v) is 5.09. The molecule has 0 aliphatic heterocycles. The monoisotopic (exact) mass is 275 g/mol. The first-order chi connectivity index (χ1) is 6.76. The fourth-order valence-electron chi connectivity index (χ4n) is 0.924. The zero-order chi connectivity index (χ0) is 10.4. The zero-order valence-corrected chi connectivity index (χ0v) is 10.7. The number of hydrogen-bond acceptors (Lipinski definition) is 3. The topological polar surface area (TPSA) is 27.7 Å². The van der Waals surface area contributed by atoms with Gasteiger partial charge in [-0.25, -0.2) is 0 Å². The number of halogens is 1. The first-order valence-electron chi connectivity index (χ1n) is 4.08. The van der Waals surface area contributed by atoms with Crippen molar-refractivity contribution >= 4 is 25.5 Å². The smallest absolute Gasteiger partial charge is 0.375 e. The van der Waals surface area contributed by atoms with Crippen LogP contribution in [0.15, 0.2) is 28.7 Å². The van der Waals surface area contributed by atoms with Gasteiger partial charge in [0, 0.05) is 18.7 Å². The lowest BCUT2D eigenvalue weighted by Crippen LogP contribution is -2.23. The molecule has 3 nitrogen and oxygen atoms in total. The van der Waals surface area contributed by atoms with Crippen LogP contribution in [0, 0.1) is 0 Å². The van der Waals surface area contributed by atoms with Gasteiger partial charge in [-0.1, -0.05) is 28.1 Å². The summed E-state index contributed by atoms with van der Waals surface area (Å²) >= 11 is 3.37. The van der Waals surface area contributed by atoms with Gasteiger partial charge in [0.05, 0.1) is 6.61 Å². The average molecular weight is 276 g/mol. The molecule has 0 saturated heterocycles. The molecule has 1 radical (unpaired) electrons. The summed E-state index contributed by atoms with van der Waals surface area (Å²) in [6.07, 6.45) is 0. The van der Waals surface area contributed by atoms with E-state index in [1.165, 1.54) is 0 Å². The molecular formula is C9H12BrO3Si. The molecule has 14 heavy (non-hydrogen) atoms. The zero-order valence-electron chi connectivity index (χ0n) is 8.12. The maximum absolute atomic E-state index is 5.41. The van der Waals surface area contributed by atoms with Crippen molar-refractivity contribution < 1.29 is 13.3 Å². The van der Waals surface area contributed by atoms with Crippen molar-refractivity contribution in [1.82, 2.24) is 0 Å². The van der Waals surface area contributed by atoms with Crippen LogP contribution in [-0.2, 0) is 19.9 Å². The Hall–Kier alpha value is -0.203. The summed E-state index contributed by atoms with van der Waals surface area (Å²) in [5, 5.41) is 0. The summed E-state index contributed by atoms with van der Waals surface area (Å²) in [5.74, 6) is 0. The van der Waals surface area contributed by atoms with Crippen LogP contribution in [0.3, 0.4) is 0 Å². The Morgan fingerprint density at radius 3 is 2.21 bits per heavy atom. The summed E-state index contributed by atoms with van der Waals surface area (Å²) in [6.45, 7) is 0.517. The first kappa shape index (κ1) is 11.9. The first-order valence-corrected chi connectivity index (χ1v) is 6.10. The predicted molar refractivity (Wildman–Crippen MR) is 58.7 cm³/mol. The van der Waals surface area contributed by atoms with E-state index in [1.807, 2.05) is 24.3 Å². The Morgan fingerprint density at radius 1 is 1.14 bits per heavy atom. The standard InChI is InChI=1S/C9H12BrO3Si/c1-11-14(12-2)13-7-8-3-5-9(10)6-4-8/h3-6H,7H2,1-2H3. The van der Waals surface area contributed by atoms with Crippen molar-refractivity contribution in [3.8, 4) is 0 Å². The Morgan fingerprint density at radius 2 is 1.71 bits per heavy atom. The molecule has 0 atom stereocenters. The second kappa shape index (κ2) is 6.31. The molecule has 77 valence electrons. The molecular weight excluding hydrogens is 264 g/mol. The van der Waals surface area contributed by atoms with Gasteiger partial charge in [0.2, 0.25) is 0 Å². The molecule has 0 bridgehead atoms. The average Bonchev–Trinajstić information content (AvgIpc) is 2.22. The normalized spacial score (nSPS) is 10.9. The molecule has 0 amide bonds. The van der Waals surface area contributed by atoms with Crippen LogP contribution < -0.4 is 0 Å². The number of hydrogen-bond donors (Lipinski definition) is 0. The third-order valence-corrected chi connectivity index (χ3v) is 3.18. The van der Waals surface area contributed by atoms with E-state index in [0.717, 1.165) is 10.0 Å². The Balaban J connectivity index is 2.41. The lowest BCUT2D eigenvalue weighted by Gasteiger charge is -2.09. The van der Waals surface area contributed by atoms with Gasteiger partial charge in [-0.3, -0.25) is 0 Å². The van der Waals surface area contributed by atoms with Crippen LogP contribution in [-0.4, -0.2) is 23.7 Å². The van der Waals surface area contributed by atoms with E-state index in [9.17, 15) is 0 Å².